The monoisotopic (exact) mass is 250 g/mol. The van der Waals surface area contributed by atoms with Gasteiger partial charge in [0, 0.05) is 11.5 Å². The molecule has 2 aromatic rings. The van der Waals surface area contributed by atoms with Gasteiger partial charge in [-0.1, -0.05) is 0 Å². The van der Waals surface area contributed by atoms with Crippen molar-refractivity contribution in [1.29, 1.82) is 0 Å². The Kier molecular flexibility index (Phi) is 3.00. The fourth-order valence-corrected chi connectivity index (χ4v) is 1.64. The molecule has 0 unspecified atom stereocenters. The Bertz CT molecular complexity index is 626. The number of carboxylic acid groups (broad SMARTS) is 1. The lowest BCUT2D eigenvalue weighted by Crippen LogP contribution is -2.05. The number of nitrogens with two attached hydrogens (primary N) is 1. The van der Waals surface area contributed by atoms with E-state index in [1.54, 1.807) is 0 Å². The SMILES string of the molecule is NOCc1cc(C(=O)O)c2cc(O)c(O)cc2n1. The van der Waals surface area contributed by atoms with Crippen molar-refractivity contribution in [2.24, 2.45) is 5.90 Å². The third-order valence-electron chi connectivity index (χ3n) is 2.42. The largest absolute Gasteiger partial charge is 0.504 e. The van der Waals surface area contributed by atoms with Crippen LogP contribution in [0.3, 0.4) is 0 Å². The average molecular weight is 250 g/mol. The highest BCUT2D eigenvalue weighted by Crippen LogP contribution is 2.31. The predicted octanol–water partition coefficient (Wildman–Crippen LogP) is 0.734. The number of carbonyl (C=O) groups is 1. The zero-order chi connectivity index (χ0) is 13.3. The Hall–Kier alpha value is -2.38. The molecule has 0 aliphatic carbocycles. The molecule has 5 N–H and O–H groups in total. The summed E-state index contributed by atoms with van der Waals surface area (Å²) < 4.78 is 0. The molecule has 0 aliphatic heterocycles. The first-order valence-corrected chi connectivity index (χ1v) is 4.93. The maximum absolute atomic E-state index is 11.1. The molecular weight excluding hydrogens is 240 g/mol. The molecule has 7 heteroatoms. The summed E-state index contributed by atoms with van der Waals surface area (Å²) in [5.41, 5.74) is 0.493. The number of pyridine rings is 1. The Morgan fingerprint density at radius 2 is 1.94 bits per heavy atom. The highest BCUT2D eigenvalue weighted by atomic mass is 16.6. The van der Waals surface area contributed by atoms with Gasteiger partial charge in [0.25, 0.3) is 0 Å². The zero-order valence-corrected chi connectivity index (χ0v) is 9.12. The van der Waals surface area contributed by atoms with Crippen molar-refractivity contribution in [2.75, 3.05) is 0 Å². The van der Waals surface area contributed by atoms with Gasteiger partial charge in [0.1, 0.15) is 6.61 Å². The highest BCUT2D eigenvalue weighted by Gasteiger charge is 2.14. The quantitative estimate of drug-likeness (QED) is 0.467. The number of phenols is 2. The number of fused-ring (bicyclic) bond motifs is 1. The van der Waals surface area contributed by atoms with Crippen LogP contribution in [0.4, 0.5) is 0 Å². The summed E-state index contributed by atoms with van der Waals surface area (Å²) in [5.74, 6) is 2.95. The minimum absolute atomic E-state index is 0.0534. The Morgan fingerprint density at radius 1 is 1.28 bits per heavy atom. The number of carboxylic acids is 1. The molecule has 18 heavy (non-hydrogen) atoms. The molecular formula is C11H10N2O5. The number of aromatic nitrogens is 1. The summed E-state index contributed by atoms with van der Waals surface area (Å²) in [4.78, 5) is 19.6. The van der Waals surface area contributed by atoms with Gasteiger partial charge in [0.05, 0.1) is 16.8 Å². The summed E-state index contributed by atoms with van der Waals surface area (Å²) in [6, 6.07) is 3.62. The Labute approximate surface area is 101 Å². The summed E-state index contributed by atoms with van der Waals surface area (Å²) in [5, 5.41) is 28.1. The number of nitrogens with zero attached hydrogens (tertiary/aromatic N) is 1. The second kappa shape index (κ2) is 4.47. The summed E-state index contributed by atoms with van der Waals surface area (Å²) in [7, 11) is 0. The van der Waals surface area contributed by atoms with Crippen molar-refractivity contribution in [3.63, 3.8) is 0 Å². The van der Waals surface area contributed by atoms with Crippen LogP contribution in [-0.4, -0.2) is 26.3 Å². The minimum Gasteiger partial charge on any atom is -0.504 e. The van der Waals surface area contributed by atoms with Crippen LogP contribution in [0.25, 0.3) is 10.9 Å². The van der Waals surface area contributed by atoms with E-state index in [1.807, 2.05) is 0 Å². The molecule has 0 spiro atoms. The number of aromatic hydroxyl groups is 2. The van der Waals surface area contributed by atoms with Crippen molar-refractivity contribution < 1.29 is 25.0 Å². The normalized spacial score (nSPS) is 10.7. The van der Waals surface area contributed by atoms with Crippen molar-refractivity contribution in [3.8, 4) is 11.5 Å². The second-order valence-corrected chi connectivity index (χ2v) is 3.64. The van der Waals surface area contributed by atoms with Gasteiger partial charge in [-0.25, -0.2) is 10.7 Å². The summed E-state index contributed by atoms with van der Waals surface area (Å²) in [6.45, 7) is -0.0577. The van der Waals surface area contributed by atoms with Gasteiger partial charge in [-0.2, -0.15) is 0 Å². The fraction of sp³-hybridized carbons (Fsp3) is 0.0909. The van der Waals surface area contributed by atoms with Crippen LogP contribution in [-0.2, 0) is 11.4 Å². The fourth-order valence-electron chi connectivity index (χ4n) is 1.64. The molecule has 7 nitrogen and oxygen atoms in total. The molecule has 0 saturated heterocycles. The molecule has 94 valence electrons. The number of aromatic carboxylic acids is 1. The lowest BCUT2D eigenvalue weighted by molar-refractivity contribution is 0.0698. The molecule has 1 aromatic carbocycles. The molecule has 0 amide bonds. The van der Waals surface area contributed by atoms with E-state index >= 15 is 0 Å². The maximum atomic E-state index is 11.1. The zero-order valence-electron chi connectivity index (χ0n) is 9.12. The number of hydrogen-bond donors (Lipinski definition) is 4. The van der Waals surface area contributed by atoms with Gasteiger partial charge in [0.15, 0.2) is 11.5 Å². The van der Waals surface area contributed by atoms with Crippen LogP contribution >= 0.6 is 0 Å². The maximum Gasteiger partial charge on any atom is 0.336 e. The third-order valence-corrected chi connectivity index (χ3v) is 2.42. The van der Waals surface area contributed by atoms with Crippen LogP contribution in [0.2, 0.25) is 0 Å². The molecule has 0 saturated carbocycles. The standard InChI is InChI=1S/C11H10N2O5/c12-18-4-5-1-7(11(16)17)6-2-9(14)10(15)3-8(6)13-5/h1-3,14-15H,4,12H2,(H,16,17). The first-order valence-electron chi connectivity index (χ1n) is 4.93. The van der Waals surface area contributed by atoms with Gasteiger partial charge in [-0.15, -0.1) is 0 Å². The molecule has 0 radical (unpaired) electrons. The minimum atomic E-state index is -1.18. The summed E-state index contributed by atoms with van der Waals surface area (Å²) >= 11 is 0. The summed E-state index contributed by atoms with van der Waals surface area (Å²) in [6.07, 6.45) is 0. The van der Waals surface area contributed by atoms with E-state index in [2.05, 4.69) is 9.82 Å². The van der Waals surface area contributed by atoms with Crippen molar-refractivity contribution >= 4 is 16.9 Å². The third kappa shape index (κ3) is 2.04. The highest BCUT2D eigenvalue weighted by molar-refractivity contribution is 6.03. The number of rotatable bonds is 3. The first kappa shape index (κ1) is 12.1. The van der Waals surface area contributed by atoms with Gasteiger partial charge in [-0.05, 0) is 12.1 Å². The van der Waals surface area contributed by atoms with E-state index in [0.29, 0.717) is 5.69 Å². The van der Waals surface area contributed by atoms with Crippen LogP contribution in [0.1, 0.15) is 16.1 Å². The molecule has 0 aliphatic rings. The van der Waals surface area contributed by atoms with E-state index < -0.39 is 11.7 Å². The van der Waals surface area contributed by atoms with Gasteiger partial charge in [0.2, 0.25) is 0 Å². The van der Waals surface area contributed by atoms with Crippen molar-refractivity contribution in [2.45, 2.75) is 6.61 Å². The molecule has 1 aromatic heterocycles. The van der Waals surface area contributed by atoms with Gasteiger partial charge >= 0.3 is 5.97 Å². The molecule has 0 fully saturated rings. The Morgan fingerprint density at radius 3 is 2.56 bits per heavy atom. The Balaban J connectivity index is 2.76. The second-order valence-electron chi connectivity index (χ2n) is 3.64. The topological polar surface area (TPSA) is 126 Å². The number of benzene rings is 1. The van der Waals surface area contributed by atoms with Gasteiger partial charge < -0.3 is 15.3 Å². The smallest absolute Gasteiger partial charge is 0.336 e. The lowest BCUT2D eigenvalue weighted by Gasteiger charge is -2.07. The lowest BCUT2D eigenvalue weighted by atomic mass is 10.1. The predicted molar refractivity (Wildman–Crippen MR) is 61.0 cm³/mol. The van der Waals surface area contributed by atoms with Crippen LogP contribution in [0, 0.1) is 0 Å². The van der Waals surface area contributed by atoms with Crippen molar-refractivity contribution in [1.82, 2.24) is 4.98 Å². The average Bonchev–Trinajstić information content (AvgIpc) is 2.30. The number of hydrogen-bond acceptors (Lipinski definition) is 6. The first-order chi connectivity index (χ1) is 8.52. The molecule has 2 rings (SSSR count). The van der Waals surface area contributed by atoms with Crippen molar-refractivity contribution in [3.05, 3.63) is 29.5 Å². The van der Waals surface area contributed by atoms with E-state index in [4.69, 9.17) is 11.0 Å². The van der Waals surface area contributed by atoms with E-state index in [0.717, 1.165) is 6.07 Å². The van der Waals surface area contributed by atoms with E-state index in [1.165, 1.54) is 12.1 Å². The van der Waals surface area contributed by atoms with E-state index in [9.17, 15) is 15.0 Å². The van der Waals surface area contributed by atoms with Gasteiger partial charge in [-0.3, -0.25) is 9.82 Å². The van der Waals surface area contributed by atoms with Crippen LogP contribution < -0.4 is 5.90 Å². The number of phenolic OH excluding ortho intramolecular Hbond substituents is 2. The van der Waals surface area contributed by atoms with Crippen LogP contribution in [0.15, 0.2) is 18.2 Å². The molecule has 0 bridgehead atoms. The molecule has 0 atom stereocenters. The van der Waals surface area contributed by atoms with E-state index in [-0.39, 0.29) is 28.8 Å². The molecule has 1 heterocycles. The van der Waals surface area contributed by atoms with Crippen LogP contribution in [0.5, 0.6) is 11.5 Å².